The number of hydrogen-bond donors (Lipinski definition) is 0. The topological polar surface area (TPSA) is 97.6 Å². The van der Waals surface area contributed by atoms with E-state index in [9.17, 15) is 13.2 Å². The zero-order chi connectivity index (χ0) is 20.3. The summed E-state index contributed by atoms with van der Waals surface area (Å²) >= 11 is 0. The van der Waals surface area contributed by atoms with Gasteiger partial charge in [0.05, 0.1) is 10.5 Å². The molecule has 0 unspecified atom stereocenters. The second-order valence-electron chi connectivity index (χ2n) is 6.61. The Morgan fingerprint density at radius 1 is 1.07 bits per heavy atom. The predicted molar refractivity (Wildman–Crippen MR) is 104 cm³/mol. The van der Waals surface area contributed by atoms with E-state index in [0.29, 0.717) is 37.3 Å². The van der Waals surface area contributed by atoms with Gasteiger partial charge in [0, 0.05) is 52.0 Å². The van der Waals surface area contributed by atoms with Gasteiger partial charge in [0.15, 0.2) is 0 Å². The van der Waals surface area contributed by atoms with Crippen molar-refractivity contribution in [2.75, 3.05) is 45.2 Å². The smallest absolute Gasteiger partial charge is 0.253 e. The van der Waals surface area contributed by atoms with E-state index in [4.69, 9.17) is 5.26 Å². The average Bonchev–Trinajstić information content (AvgIpc) is 2.73. The Morgan fingerprint density at radius 2 is 1.71 bits per heavy atom. The summed E-state index contributed by atoms with van der Waals surface area (Å²) in [5.74, 6) is 0.658. The molecule has 2 heterocycles. The maximum Gasteiger partial charge on any atom is 0.253 e. The molecular weight excluding hydrogens is 378 g/mol. The Labute approximate surface area is 164 Å². The molecule has 1 saturated heterocycles. The number of pyridine rings is 1. The highest BCUT2D eigenvalue weighted by Gasteiger charge is 2.24. The van der Waals surface area contributed by atoms with E-state index in [2.05, 4.69) is 9.88 Å². The van der Waals surface area contributed by atoms with Gasteiger partial charge in [-0.1, -0.05) is 0 Å². The normalized spacial score (nSPS) is 14.8. The van der Waals surface area contributed by atoms with Crippen LogP contribution in [0.1, 0.15) is 15.9 Å². The molecule has 0 atom stereocenters. The van der Waals surface area contributed by atoms with E-state index in [-0.39, 0.29) is 10.8 Å². The Bertz CT molecular complexity index is 987. The molecule has 9 heteroatoms. The second-order valence-corrected chi connectivity index (χ2v) is 8.76. The molecule has 0 N–H and O–H groups in total. The van der Waals surface area contributed by atoms with Crippen LogP contribution in [-0.4, -0.2) is 68.8 Å². The molecule has 0 saturated carbocycles. The zero-order valence-electron chi connectivity index (χ0n) is 15.7. The van der Waals surface area contributed by atoms with E-state index in [1.165, 1.54) is 32.4 Å². The van der Waals surface area contributed by atoms with E-state index >= 15 is 0 Å². The number of piperazine rings is 1. The number of sulfonamides is 1. The molecule has 146 valence electrons. The third-order valence-electron chi connectivity index (χ3n) is 4.65. The minimum Gasteiger partial charge on any atom is -0.353 e. The molecule has 0 spiro atoms. The van der Waals surface area contributed by atoms with Crippen molar-refractivity contribution in [3.8, 4) is 6.07 Å². The maximum atomic E-state index is 12.7. The average molecular weight is 399 g/mol. The first-order valence-corrected chi connectivity index (χ1v) is 10.2. The van der Waals surface area contributed by atoms with Crippen molar-refractivity contribution in [3.63, 3.8) is 0 Å². The molecule has 1 amide bonds. The lowest BCUT2D eigenvalue weighted by atomic mass is 10.2. The maximum absolute atomic E-state index is 12.7. The number of carbonyl (C=O) groups excluding carboxylic acids is 1. The van der Waals surface area contributed by atoms with Crippen LogP contribution in [0.3, 0.4) is 0 Å². The SMILES string of the molecule is CN(C)S(=O)(=O)c1ccc(C(=O)N2CCN(c3ccc(C#N)cn3)CC2)cc1. The highest BCUT2D eigenvalue weighted by molar-refractivity contribution is 7.89. The first kappa shape index (κ1) is 19.8. The molecule has 0 radical (unpaired) electrons. The van der Waals surface area contributed by atoms with Gasteiger partial charge in [-0.3, -0.25) is 4.79 Å². The third-order valence-corrected chi connectivity index (χ3v) is 6.48. The van der Waals surface area contributed by atoms with Crippen molar-refractivity contribution in [1.82, 2.24) is 14.2 Å². The van der Waals surface area contributed by atoms with Gasteiger partial charge >= 0.3 is 0 Å². The van der Waals surface area contributed by atoms with Gasteiger partial charge in [-0.25, -0.2) is 17.7 Å². The lowest BCUT2D eigenvalue weighted by molar-refractivity contribution is 0.0746. The summed E-state index contributed by atoms with van der Waals surface area (Å²) < 4.78 is 25.4. The molecule has 1 aromatic carbocycles. The number of aromatic nitrogens is 1. The monoisotopic (exact) mass is 399 g/mol. The summed E-state index contributed by atoms with van der Waals surface area (Å²) in [6.07, 6.45) is 1.54. The minimum absolute atomic E-state index is 0.124. The lowest BCUT2D eigenvalue weighted by Crippen LogP contribution is -2.49. The highest BCUT2D eigenvalue weighted by atomic mass is 32.2. The number of carbonyl (C=O) groups is 1. The molecule has 0 bridgehead atoms. The number of nitriles is 1. The zero-order valence-corrected chi connectivity index (χ0v) is 16.6. The molecular formula is C19H21N5O3S. The summed E-state index contributed by atoms with van der Waals surface area (Å²) in [6.45, 7) is 2.35. The van der Waals surface area contributed by atoms with Gasteiger partial charge in [-0.2, -0.15) is 5.26 Å². The van der Waals surface area contributed by atoms with E-state index in [1.54, 1.807) is 29.2 Å². The van der Waals surface area contributed by atoms with Gasteiger partial charge in [-0.05, 0) is 36.4 Å². The Kier molecular flexibility index (Phi) is 5.63. The van der Waals surface area contributed by atoms with Crippen molar-refractivity contribution in [2.45, 2.75) is 4.90 Å². The summed E-state index contributed by atoms with van der Waals surface area (Å²) in [4.78, 5) is 21.0. The minimum atomic E-state index is -3.51. The summed E-state index contributed by atoms with van der Waals surface area (Å²) in [5.41, 5.74) is 0.972. The largest absolute Gasteiger partial charge is 0.353 e. The Hall–Kier alpha value is -2.96. The van der Waals surface area contributed by atoms with Gasteiger partial charge < -0.3 is 9.80 Å². The summed E-state index contributed by atoms with van der Waals surface area (Å²) in [7, 11) is -0.575. The van der Waals surface area contributed by atoms with Gasteiger partial charge in [0.2, 0.25) is 10.0 Å². The van der Waals surface area contributed by atoms with Crippen LogP contribution < -0.4 is 4.90 Å². The number of amides is 1. The molecule has 1 aliphatic rings. The van der Waals surface area contributed by atoms with Crippen molar-refractivity contribution in [2.24, 2.45) is 0 Å². The fraction of sp³-hybridized carbons (Fsp3) is 0.316. The van der Waals surface area contributed by atoms with Crippen molar-refractivity contribution < 1.29 is 13.2 Å². The summed E-state index contributed by atoms with van der Waals surface area (Å²) in [5, 5.41) is 8.85. The van der Waals surface area contributed by atoms with Crippen LogP contribution in [0.5, 0.6) is 0 Å². The molecule has 2 aromatic rings. The van der Waals surface area contributed by atoms with Crippen molar-refractivity contribution in [3.05, 3.63) is 53.7 Å². The second kappa shape index (κ2) is 7.96. The quantitative estimate of drug-likeness (QED) is 0.765. The van der Waals surface area contributed by atoms with Crippen LogP contribution in [0.4, 0.5) is 5.82 Å². The number of rotatable bonds is 4. The number of hydrogen-bond acceptors (Lipinski definition) is 6. The van der Waals surface area contributed by atoms with Crippen LogP contribution >= 0.6 is 0 Å². The van der Waals surface area contributed by atoms with Crippen LogP contribution in [0, 0.1) is 11.3 Å². The predicted octanol–water partition coefficient (Wildman–Crippen LogP) is 1.17. The molecule has 1 fully saturated rings. The van der Waals surface area contributed by atoms with Crippen molar-refractivity contribution >= 4 is 21.7 Å². The molecule has 0 aliphatic carbocycles. The summed E-state index contributed by atoms with van der Waals surface area (Å²) in [6, 6.07) is 11.6. The Morgan fingerprint density at radius 3 is 2.21 bits per heavy atom. The fourth-order valence-electron chi connectivity index (χ4n) is 2.94. The van der Waals surface area contributed by atoms with Crippen LogP contribution in [-0.2, 0) is 10.0 Å². The van der Waals surface area contributed by atoms with Crippen LogP contribution in [0.25, 0.3) is 0 Å². The third kappa shape index (κ3) is 3.98. The number of anilines is 1. The number of nitrogens with zero attached hydrogens (tertiary/aromatic N) is 5. The van der Waals surface area contributed by atoms with Gasteiger partial charge in [0.1, 0.15) is 11.9 Å². The van der Waals surface area contributed by atoms with E-state index in [1.807, 2.05) is 6.07 Å². The first-order chi connectivity index (χ1) is 13.3. The number of benzene rings is 1. The molecule has 1 aliphatic heterocycles. The lowest BCUT2D eigenvalue weighted by Gasteiger charge is -2.35. The molecule has 28 heavy (non-hydrogen) atoms. The van der Waals surface area contributed by atoms with Gasteiger partial charge in [0.25, 0.3) is 5.91 Å². The van der Waals surface area contributed by atoms with E-state index < -0.39 is 10.0 Å². The van der Waals surface area contributed by atoms with Crippen LogP contribution in [0.2, 0.25) is 0 Å². The molecule has 3 rings (SSSR count). The van der Waals surface area contributed by atoms with Crippen LogP contribution in [0.15, 0.2) is 47.5 Å². The highest BCUT2D eigenvalue weighted by Crippen LogP contribution is 2.18. The fourth-order valence-corrected chi connectivity index (χ4v) is 3.84. The first-order valence-electron chi connectivity index (χ1n) is 8.76. The van der Waals surface area contributed by atoms with Crippen molar-refractivity contribution in [1.29, 1.82) is 5.26 Å². The van der Waals surface area contributed by atoms with E-state index in [0.717, 1.165) is 10.1 Å². The standard InChI is InChI=1S/C19H21N5O3S/c1-22(2)28(26,27)17-6-4-16(5-7-17)19(25)24-11-9-23(10-12-24)18-8-3-15(13-20)14-21-18/h3-8,14H,9-12H2,1-2H3. The van der Waals surface area contributed by atoms with Gasteiger partial charge in [-0.15, -0.1) is 0 Å². The Balaban J connectivity index is 1.64. The molecule has 1 aromatic heterocycles. The molecule has 8 nitrogen and oxygen atoms in total.